The fraction of sp³-hybridized carbons (Fsp3) is 0.929. The van der Waals surface area contributed by atoms with E-state index in [0.29, 0.717) is 28.6 Å². The van der Waals surface area contributed by atoms with Crippen molar-refractivity contribution in [2.45, 2.75) is 107 Å². The monoisotopic (exact) mass is 836 g/mol. The lowest BCUT2D eigenvalue weighted by atomic mass is 10.4. The van der Waals surface area contributed by atoms with Gasteiger partial charge in [0, 0.05) is 10.7 Å². The zero-order valence-corrected chi connectivity index (χ0v) is 37.0. The van der Waals surface area contributed by atoms with Gasteiger partial charge in [-0.3, -0.25) is 4.18 Å². The number of unbranched alkanes of at least 4 members (excludes halogenated alkanes) is 3. The molecule has 47 heavy (non-hydrogen) atoms. The number of thiocarbonyl (C=S) groups is 2. The molecule has 0 bridgehead atoms. The highest BCUT2D eigenvalue weighted by Crippen LogP contribution is 2.08. The van der Waals surface area contributed by atoms with Gasteiger partial charge in [0.15, 0.2) is 0 Å². The van der Waals surface area contributed by atoms with Crippen molar-refractivity contribution < 1.29 is 44.5 Å². The number of halogens is 1. The Balaban J connectivity index is -0.0000000640. The summed E-state index contributed by atoms with van der Waals surface area (Å²) in [5.74, 6) is 1.01. The standard InChI is InChI=1S/C7H14O2S2.C5H12O3S.C4H9O.C3H6OS2.C3H8S.C3H8.C2H4O.CH3ClO2S.H3N/c1-3-5-6-9-11-7(10)8-4-2;1-3-4-5-8-9(2,6)7;1-2-3-4-5;1-2-4-3(5)6;1-2-3-4;1-3-2;1-2-3-1;1-5(2,3)4;/h3-6H2,1-2H3;3-5H2,1-2H3;2-4H2,1H3;2H2,1H3,(H,5,6);4H,2-3H2,1H3;3H2,1-2H3;1-2H2;1H3;1H3/q;;-1;;;;;;. The molecule has 294 valence electrons. The molecule has 3 N–H and O–H groups in total. The molecule has 1 heterocycles. The van der Waals surface area contributed by atoms with Crippen molar-refractivity contribution in [1.29, 1.82) is 0 Å². The van der Waals surface area contributed by atoms with Crippen molar-refractivity contribution in [2.24, 2.45) is 0 Å². The molecule has 0 aromatic heterocycles. The molecule has 0 aliphatic carbocycles. The molecule has 1 fully saturated rings. The third-order valence-corrected chi connectivity index (χ3v) is 5.11. The van der Waals surface area contributed by atoms with Crippen LogP contribution in [0.2, 0.25) is 0 Å². The summed E-state index contributed by atoms with van der Waals surface area (Å²) >= 11 is 18.0. The molecule has 1 aliphatic heterocycles. The Morgan fingerprint density at radius 3 is 1.38 bits per heavy atom. The number of hydrogen-bond acceptors (Lipinski definition) is 15. The zero-order valence-electron chi connectivity index (χ0n) is 30.4. The number of epoxide rings is 1. The lowest BCUT2D eigenvalue weighted by molar-refractivity contribution is -0.368. The van der Waals surface area contributed by atoms with Crippen LogP contribution in [0.25, 0.3) is 0 Å². The van der Waals surface area contributed by atoms with Crippen LogP contribution in [-0.2, 0) is 41.7 Å². The molecule has 1 saturated heterocycles. The first-order chi connectivity index (χ1) is 21.4. The van der Waals surface area contributed by atoms with E-state index in [-0.39, 0.29) is 12.8 Å². The number of hydrogen-bond donors (Lipinski definition) is 3. The predicted molar refractivity (Wildman–Crippen MR) is 218 cm³/mol. The fourth-order valence-electron chi connectivity index (χ4n) is 1.06. The van der Waals surface area contributed by atoms with E-state index in [2.05, 4.69) is 89.5 Å². The van der Waals surface area contributed by atoms with Crippen LogP contribution in [0.3, 0.4) is 0 Å². The van der Waals surface area contributed by atoms with Crippen LogP contribution in [0.5, 0.6) is 0 Å². The summed E-state index contributed by atoms with van der Waals surface area (Å²) in [6.45, 7) is 20.6. The smallest absolute Gasteiger partial charge is 0.264 e. The van der Waals surface area contributed by atoms with Gasteiger partial charge in [0.1, 0.15) is 0 Å². The highest BCUT2D eigenvalue weighted by Gasteiger charge is 1.98. The Labute approximate surface area is 320 Å². The van der Waals surface area contributed by atoms with E-state index in [4.69, 9.17) is 21.1 Å². The van der Waals surface area contributed by atoms with Gasteiger partial charge in [0.25, 0.3) is 10.1 Å². The van der Waals surface area contributed by atoms with E-state index in [1.807, 2.05) is 27.7 Å². The third-order valence-electron chi connectivity index (χ3n) is 2.96. The average molecular weight is 838 g/mol. The third kappa shape index (κ3) is 181. The second kappa shape index (κ2) is 59.0. The predicted octanol–water partition coefficient (Wildman–Crippen LogP) is 8.03. The molecule has 0 spiro atoms. The highest BCUT2D eigenvalue weighted by molar-refractivity contribution is 8.19. The van der Waals surface area contributed by atoms with Gasteiger partial charge in [0.05, 0.1) is 64.2 Å². The van der Waals surface area contributed by atoms with Crippen LogP contribution in [0, 0.1) is 0 Å². The molecule has 1 aliphatic rings. The summed E-state index contributed by atoms with van der Waals surface area (Å²) in [7, 11) is -1.89. The van der Waals surface area contributed by atoms with E-state index in [1.165, 1.54) is 12.8 Å². The van der Waals surface area contributed by atoms with Crippen molar-refractivity contribution in [2.75, 3.05) is 64.5 Å². The molecule has 0 amide bonds. The second-order valence-corrected chi connectivity index (χ2v) is 15.9. The molecule has 0 atom stereocenters. The molecule has 0 saturated carbocycles. The van der Waals surface area contributed by atoms with Gasteiger partial charge >= 0.3 is 0 Å². The summed E-state index contributed by atoms with van der Waals surface area (Å²) in [4.78, 5) is 0. The lowest BCUT2D eigenvalue weighted by Gasteiger charge is -2.02. The SMILES string of the molecule is C1CO1.CCC.CCCCOS(C)(=O)=O.CCCCOSC(=S)OCC.CCCC[O-].CCCS.CCOC(=S)S.CS(=O)(=O)Cl.N. The highest BCUT2D eigenvalue weighted by atomic mass is 35.7. The Kier molecular flexibility index (Phi) is 83.0. The van der Waals surface area contributed by atoms with Gasteiger partial charge in [-0.05, 0) is 63.3 Å². The topological polar surface area (TPSA) is 176 Å². The van der Waals surface area contributed by atoms with Crippen molar-refractivity contribution in [3.63, 3.8) is 0 Å². The Morgan fingerprint density at radius 1 is 0.830 bits per heavy atom. The Hall–Kier alpha value is 0.820. The molecular formula is C28H67ClNO10S7-. The fourth-order valence-corrected chi connectivity index (χ4v) is 2.45. The maximum absolute atomic E-state index is 10.3. The number of ether oxygens (including phenoxy) is 3. The van der Waals surface area contributed by atoms with E-state index in [9.17, 15) is 21.9 Å². The maximum Gasteiger partial charge on any atom is 0.264 e. The molecule has 11 nitrogen and oxygen atoms in total. The van der Waals surface area contributed by atoms with Crippen molar-refractivity contribution in [3.05, 3.63) is 0 Å². The summed E-state index contributed by atoms with van der Waals surface area (Å²) in [5.41, 5.74) is 0. The largest absolute Gasteiger partial charge is 0.854 e. The minimum Gasteiger partial charge on any atom is -0.854 e. The van der Waals surface area contributed by atoms with Crippen molar-refractivity contribution >= 4 is 100 Å². The van der Waals surface area contributed by atoms with Gasteiger partial charge in [-0.2, -0.15) is 21.0 Å². The summed E-state index contributed by atoms with van der Waals surface area (Å²) in [5, 5.41) is 9.53. The van der Waals surface area contributed by atoms with Crippen LogP contribution in [0.4, 0.5) is 0 Å². The molecule has 0 unspecified atom stereocenters. The van der Waals surface area contributed by atoms with Crippen LogP contribution >= 0.6 is 72.4 Å². The van der Waals surface area contributed by atoms with Gasteiger partial charge in [-0.1, -0.05) is 86.3 Å². The second-order valence-electron chi connectivity index (χ2n) is 8.30. The number of rotatable bonds is 13. The van der Waals surface area contributed by atoms with Crippen LogP contribution in [0.1, 0.15) is 107 Å². The lowest BCUT2D eigenvalue weighted by Crippen LogP contribution is -2.03. The van der Waals surface area contributed by atoms with Crippen LogP contribution in [-0.4, -0.2) is 90.1 Å². The molecule has 0 aromatic carbocycles. The average Bonchev–Trinajstić information content (AvgIpc) is 3.82. The Morgan fingerprint density at radius 2 is 1.19 bits per heavy atom. The zero-order chi connectivity index (χ0) is 37.7. The van der Waals surface area contributed by atoms with Crippen molar-refractivity contribution in [1.82, 2.24) is 6.15 Å². The summed E-state index contributed by atoms with van der Waals surface area (Å²) in [6.07, 6.45) is 10.2. The van der Waals surface area contributed by atoms with E-state index >= 15 is 0 Å². The van der Waals surface area contributed by atoms with Crippen molar-refractivity contribution in [3.8, 4) is 0 Å². The molecule has 0 aromatic rings. The van der Waals surface area contributed by atoms with Crippen LogP contribution in [0.15, 0.2) is 0 Å². The van der Waals surface area contributed by atoms with E-state index in [1.54, 1.807) is 0 Å². The molecule has 19 heteroatoms. The van der Waals surface area contributed by atoms with Gasteiger partial charge in [0.2, 0.25) is 17.8 Å². The van der Waals surface area contributed by atoms with Crippen LogP contribution < -0.4 is 11.3 Å². The number of thiol groups is 2. The molecule has 1 rings (SSSR count). The Bertz CT molecular complexity index is 765. The van der Waals surface area contributed by atoms with Gasteiger partial charge in [-0.25, -0.2) is 8.42 Å². The summed E-state index contributed by atoms with van der Waals surface area (Å²) < 4.78 is 63.9. The first-order valence-corrected chi connectivity index (χ1v) is 22.4. The first-order valence-electron chi connectivity index (χ1n) is 15.2. The normalized spacial score (nSPS) is 10.2. The minimum absolute atomic E-state index is 0. The maximum atomic E-state index is 10.3. The first kappa shape index (κ1) is 66.1. The van der Waals surface area contributed by atoms with Gasteiger partial charge in [-0.15, -0.1) is 6.61 Å². The van der Waals surface area contributed by atoms with Gasteiger partial charge < -0.3 is 29.7 Å². The quantitative estimate of drug-likeness (QED) is 0.0309. The molecule has 0 radical (unpaired) electrons. The summed E-state index contributed by atoms with van der Waals surface area (Å²) in [6, 6.07) is 0. The minimum atomic E-state index is -3.20. The van der Waals surface area contributed by atoms with E-state index < -0.39 is 19.2 Å². The molecular weight excluding hydrogens is 770 g/mol. The van der Waals surface area contributed by atoms with E-state index in [0.717, 1.165) is 88.7 Å².